The minimum Gasteiger partial charge on any atom is -0.481 e. The van der Waals surface area contributed by atoms with Crippen LogP contribution in [0.3, 0.4) is 0 Å². The van der Waals surface area contributed by atoms with Gasteiger partial charge in [0.1, 0.15) is 0 Å². The Kier molecular flexibility index (Phi) is 4.95. The van der Waals surface area contributed by atoms with Crippen LogP contribution in [0.25, 0.3) is 0 Å². The van der Waals surface area contributed by atoms with Crippen molar-refractivity contribution in [2.24, 2.45) is 11.3 Å². The molecule has 0 aliphatic heterocycles. The van der Waals surface area contributed by atoms with Gasteiger partial charge in [0.2, 0.25) is 0 Å². The second-order valence-corrected chi connectivity index (χ2v) is 3.55. The summed E-state index contributed by atoms with van der Waals surface area (Å²) in [6, 6.07) is 0. The Hall–Kier alpha value is -0.610. The highest BCUT2D eigenvalue weighted by Crippen LogP contribution is 2.30. The molecule has 0 saturated carbocycles. The third-order valence-electron chi connectivity index (χ3n) is 2.58. The van der Waals surface area contributed by atoms with E-state index in [9.17, 15) is 4.79 Å². The summed E-state index contributed by atoms with van der Waals surface area (Å²) in [5.74, 6) is -1.43. The smallest absolute Gasteiger partial charge is 0.312 e. The molecule has 0 spiro atoms. The highest BCUT2D eigenvalue weighted by Gasteiger charge is 2.39. The van der Waals surface area contributed by atoms with Crippen molar-refractivity contribution >= 4 is 5.97 Å². The Morgan fingerprint density at radius 1 is 1.46 bits per heavy atom. The first-order valence-electron chi connectivity index (χ1n) is 4.48. The number of hydrogen-bond acceptors (Lipinski definition) is 3. The topological polar surface area (TPSA) is 77.8 Å². The standard InChI is InChI=1S/C9H18O4/c1-3-4-7(5-10)9(2,6-11)8(12)13/h7,10-11H,3-6H2,1-2H3,(H,12,13). The second kappa shape index (κ2) is 5.19. The Labute approximate surface area is 78.2 Å². The molecule has 78 valence electrons. The minimum atomic E-state index is -1.22. The molecule has 13 heavy (non-hydrogen) atoms. The number of carboxylic acid groups (broad SMARTS) is 1. The first kappa shape index (κ1) is 12.4. The molecule has 2 atom stereocenters. The van der Waals surface area contributed by atoms with E-state index in [0.29, 0.717) is 6.42 Å². The number of rotatable bonds is 6. The van der Waals surface area contributed by atoms with Gasteiger partial charge in [0.25, 0.3) is 0 Å². The Morgan fingerprint density at radius 3 is 2.23 bits per heavy atom. The SMILES string of the molecule is CCCC(CO)C(C)(CO)C(=O)O. The molecule has 0 aromatic rings. The summed E-state index contributed by atoms with van der Waals surface area (Å²) in [7, 11) is 0. The number of carboxylic acids is 1. The molecule has 4 nitrogen and oxygen atoms in total. The van der Waals surface area contributed by atoms with Crippen molar-refractivity contribution in [1.82, 2.24) is 0 Å². The van der Waals surface area contributed by atoms with Crippen molar-refractivity contribution in [2.45, 2.75) is 26.7 Å². The van der Waals surface area contributed by atoms with Crippen LogP contribution in [-0.2, 0) is 4.79 Å². The number of aliphatic hydroxyl groups is 2. The highest BCUT2D eigenvalue weighted by molar-refractivity contribution is 5.74. The zero-order valence-electron chi connectivity index (χ0n) is 8.16. The van der Waals surface area contributed by atoms with Gasteiger partial charge in [-0.05, 0) is 13.3 Å². The van der Waals surface area contributed by atoms with Crippen molar-refractivity contribution in [2.75, 3.05) is 13.2 Å². The van der Waals surface area contributed by atoms with E-state index in [1.54, 1.807) is 0 Å². The van der Waals surface area contributed by atoms with E-state index in [0.717, 1.165) is 6.42 Å². The summed E-state index contributed by atoms with van der Waals surface area (Å²) in [5.41, 5.74) is -1.22. The third-order valence-corrected chi connectivity index (χ3v) is 2.58. The van der Waals surface area contributed by atoms with Crippen molar-refractivity contribution < 1.29 is 20.1 Å². The lowest BCUT2D eigenvalue weighted by molar-refractivity contribution is -0.156. The molecule has 0 fully saturated rings. The summed E-state index contributed by atoms with van der Waals surface area (Å²) in [6.07, 6.45) is 1.41. The average Bonchev–Trinajstić information content (AvgIpc) is 2.12. The van der Waals surface area contributed by atoms with Crippen LogP contribution < -0.4 is 0 Å². The average molecular weight is 190 g/mol. The van der Waals surface area contributed by atoms with E-state index in [2.05, 4.69) is 0 Å². The van der Waals surface area contributed by atoms with Gasteiger partial charge in [-0.1, -0.05) is 13.3 Å². The van der Waals surface area contributed by atoms with Crippen LogP contribution >= 0.6 is 0 Å². The zero-order chi connectivity index (χ0) is 10.5. The summed E-state index contributed by atoms with van der Waals surface area (Å²) in [6.45, 7) is 2.75. The van der Waals surface area contributed by atoms with Gasteiger partial charge >= 0.3 is 5.97 Å². The predicted molar refractivity (Wildman–Crippen MR) is 48.3 cm³/mol. The quantitative estimate of drug-likeness (QED) is 0.569. The van der Waals surface area contributed by atoms with Gasteiger partial charge in [-0.3, -0.25) is 4.79 Å². The van der Waals surface area contributed by atoms with Gasteiger partial charge < -0.3 is 15.3 Å². The molecule has 0 heterocycles. The number of aliphatic carboxylic acids is 1. The van der Waals surface area contributed by atoms with E-state index in [1.807, 2.05) is 6.92 Å². The first-order chi connectivity index (χ1) is 6.02. The Balaban J connectivity index is 4.58. The fourth-order valence-electron chi connectivity index (χ4n) is 1.33. The highest BCUT2D eigenvalue weighted by atomic mass is 16.4. The van der Waals surface area contributed by atoms with Crippen molar-refractivity contribution in [3.63, 3.8) is 0 Å². The zero-order valence-corrected chi connectivity index (χ0v) is 8.16. The lowest BCUT2D eigenvalue weighted by Crippen LogP contribution is -2.41. The van der Waals surface area contributed by atoms with Crippen molar-refractivity contribution in [3.05, 3.63) is 0 Å². The molecule has 0 rings (SSSR count). The number of carbonyl (C=O) groups is 1. The molecule has 0 aromatic heterocycles. The molecule has 0 saturated heterocycles. The molecule has 4 heteroatoms. The van der Waals surface area contributed by atoms with E-state index < -0.39 is 18.0 Å². The van der Waals surface area contributed by atoms with Gasteiger partial charge in [-0.25, -0.2) is 0 Å². The first-order valence-corrected chi connectivity index (χ1v) is 4.48. The van der Waals surface area contributed by atoms with Crippen LogP contribution in [0, 0.1) is 11.3 Å². The van der Waals surface area contributed by atoms with Crippen molar-refractivity contribution in [1.29, 1.82) is 0 Å². The van der Waals surface area contributed by atoms with Crippen LogP contribution in [0.15, 0.2) is 0 Å². The van der Waals surface area contributed by atoms with E-state index >= 15 is 0 Å². The maximum absolute atomic E-state index is 10.9. The molecule has 0 aromatic carbocycles. The van der Waals surface area contributed by atoms with E-state index in [-0.39, 0.29) is 12.5 Å². The van der Waals surface area contributed by atoms with E-state index in [1.165, 1.54) is 6.92 Å². The molecular weight excluding hydrogens is 172 g/mol. The van der Waals surface area contributed by atoms with Gasteiger partial charge in [0.15, 0.2) is 0 Å². The normalized spacial score (nSPS) is 17.8. The summed E-state index contributed by atoms with van der Waals surface area (Å²) >= 11 is 0. The minimum absolute atomic E-state index is 0.197. The molecule has 0 aliphatic carbocycles. The second-order valence-electron chi connectivity index (χ2n) is 3.55. The van der Waals surface area contributed by atoms with Gasteiger partial charge in [-0.2, -0.15) is 0 Å². The van der Waals surface area contributed by atoms with Gasteiger partial charge in [0.05, 0.1) is 12.0 Å². The van der Waals surface area contributed by atoms with E-state index in [4.69, 9.17) is 15.3 Å². The third kappa shape index (κ3) is 2.67. The van der Waals surface area contributed by atoms with Crippen LogP contribution in [-0.4, -0.2) is 34.5 Å². The lowest BCUT2D eigenvalue weighted by atomic mass is 9.76. The van der Waals surface area contributed by atoms with Gasteiger partial charge in [0, 0.05) is 12.5 Å². The molecule has 3 N–H and O–H groups in total. The monoisotopic (exact) mass is 190 g/mol. The number of hydrogen-bond donors (Lipinski definition) is 3. The molecule has 0 amide bonds. The maximum Gasteiger partial charge on any atom is 0.312 e. The van der Waals surface area contributed by atoms with Crippen LogP contribution in [0.2, 0.25) is 0 Å². The Bertz CT molecular complexity index is 169. The van der Waals surface area contributed by atoms with Gasteiger partial charge in [-0.15, -0.1) is 0 Å². The van der Waals surface area contributed by atoms with Crippen LogP contribution in [0.5, 0.6) is 0 Å². The van der Waals surface area contributed by atoms with Crippen LogP contribution in [0.4, 0.5) is 0 Å². The number of aliphatic hydroxyl groups excluding tert-OH is 2. The molecule has 2 unspecified atom stereocenters. The van der Waals surface area contributed by atoms with Crippen LogP contribution in [0.1, 0.15) is 26.7 Å². The molecule has 0 radical (unpaired) electrons. The Morgan fingerprint density at radius 2 is 2.00 bits per heavy atom. The molecular formula is C9H18O4. The lowest BCUT2D eigenvalue weighted by Gasteiger charge is -2.30. The summed E-state index contributed by atoms with van der Waals surface area (Å²) in [4.78, 5) is 10.9. The molecule has 0 bridgehead atoms. The summed E-state index contributed by atoms with van der Waals surface area (Å²) in [5, 5.41) is 26.9. The predicted octanol–water partition coefficient (Wildman–Crippen LogP) is 0.478. The largest absolute Gasteiger partial charge is 0.481 e. The fourth-order valence-corrected chi connectivity index (χ4v) is 1.33. The van der Waals surface area contributed by atoms with Crippen molar-refractivity contribution in [3.8, 4) is 0 Å². The molecule has 0 aliphatic rings. The maximum atomic E-state index is 10.9. The summed E-state index contributed by atoms with van der Waals surface area (Å²) < 4.78 is 0. The fraction of sp³-hybridized carbons (Fsp3) is 0.889.